The number of carbonyl (C=O) groups excluding carboxylic acids is 2. The molecule has 1 aliphatic heterocycles. The van der Waals surface area contributed by atoms with Gasteiger partial charge in [0.15, 0.2) is 5.78 Å². The summed E-state index contributed by atoms with van der Waals surface area (Å²) in [6.45, 7) is 2.66. The van der Waals surface area contributed by atoms with E-state index in [4.69, 9.17) is 4.52 Å². The van der Waals surface area contributed by atoms with Gasteiger partial charge in [-0.1, -0.05) is 35.5 Å². The lowest BCUT2D eigenvalue weighted by Crippen LogP contribution is -2.49. The second-order valence-electron chi connectivity index (χ2n) is 8.29. The number of aromatic nitrogens is 3. The Bertz CT molecular complexity index is 1080. The number of hydrogen-bond donors (Lipinski definition) is 0. The minimum absolute atomic E-state index is 0.00716. The van der Waals surface area contributed by atoms with E-state index in [9.17, 15) is 9.59 Å². The van der Waals surface area contributed by atoms with Crippen molar-refractivity contribution in [1.29, 1.82) is 0 Å². The largest absolute Gasteiger partial charge is 0.353 e. The molecule has 5 rings (SSSR count). The van der Waals surface area contributed by atoms with Crippen molar-refractivity contribution in [3.8, 4) is 11.4 Å². The quantitative estimate of drug-likeness (QED) is 0.530. The molecule has 0 radical (unpaired) electrons. The van der Waals surface area contributed by atoms with Gasteiger partial charge in [-0.3, -0.25) is 9.59 Å². The van der Waals surface area contributed by atoms with Gasteiger partial charge in [-0.2, -0.15) is 4.98 Å². The smallest absolute Gasteiger partial charge is 0.230 e. The summed E-state index contributed by atoms with van der Waals surface area (Å²) in [5.74, 6) is 2.63. The van der Waals surface area contributed by atoms with E-state index in [0.717, 1.165) is 30.1 Å². The molecule has 2 aliphatic rings. The number of anilines is 1. The number of nitrogens with zero attached hydrogens (tertiary/aromatic N) is 5. The van der Waals surface area contributed by atoms with Crippen LogP contribution in [0.15, 0.2) is 53.2 Å². The Morgan fingerprint density at radius 2 is 1.75 bits per heavy atom. The van der Waals surface area contributed by atoms with E-state index < -0.39 is 0 Å². The first-order valence-electron chi connectivity index (χ1n) is 11.1. The molecule has 1 saturated heterocycles. The van der Waals surface area contributed by atoms with Gasteiger partial charge in [-0.25, -0.2) is 4.98 Å². The lowest BCUT2D eigenvalue weighted by molar-refractivity contribution is -0.131. The van der Waals surface area contributed by atoms with Crippen LogP contribution in [0.1, 0.15) is 47.8 Å². The average molecular weight is 431 g/mol. The summed E-state index contributed by atoms with van der Waals surface area (Å²) in [6.07, 6.45) is 4.50. The molecule has 3 heterocycles. The normalized spacial score (nSPS) is 16.2. The van der Waals surface area contributed by atoms with Crippen LogP contribution in [0.5, 0.6) is 0 Å². The van der Waals surface area contributed by atoms with Gasteiger partial charge in [0.2, 0.25) is 17.6 Å². The molecule has 0 unspecified atom stereocenters. The van der Waals surface area contributed by atoms with Crippen LogP contribution in [0.2, 0.25) is 0 Å². The molecule has 1 amide bonds. The average Bonchev–Trinajstić information content (AvgIpc) is 3.59. The number of pyridine rings is 1. The molecule has 0 spiro atoms. The maximum Gasteiger partial charge on any atom is 0.230 e. The first kappa shape index (κ1) is 20.4. The lowest BCUT2D eigenvalue weighted by atomic mass is 10.1. The Labute approximate surface area is 186 Å². The van der Waals surface area contributed by atoms with Crippen LogP contribution in [-0.2, 0) is 4.79 Å². The number of carbonyl (C=O) groups is 2. The molecule has 2 fully saturated rings. The Balaban J connectivity index is 1.11. The van der Waals surface area contributed by atoms with E-state index in [1.54, 1.807) is 18.3 Å². The van der Waals surface area contributed by atoms with Crippen molar-refractivity contribution >= 4 is 17.5 Å². The number of Topliss-reactive ketones (excluding diaryl/α,β-unsaturated/α-hetero) is 1. The summed E-state index contributed by atoms with van der Waals surface area (Å²) in [5, 5.41) is 4.06. The van der Waals surface area contributed by atoms with E-state index in [2.05, 4.69) is 20.0 Å². The number of hydrogen-bond acceptors (Lipinski definition) is 7. The molecule has 2 aromatic heterocycles. The van der Waals surface area contributed by atoms with Crippen LogP contribution in [0.3, 0.4) is 0 Å². The molecule has 0 atom stereocenters. The third-order valence-corrected chi connectivity index (χ3v) is 5.99. The third kappa shape index (κ3) is 4.54. The van der Waals surface area contributed by atoms with E-state index in [1.807, 2.05) is 35.2 Å². The third-order valence-electron chi connectivity index (χ3n) is 5.99. The fraction of sp³-hybridized carbons (Fsp3) is 0.375. The molecule has 0 bridgehead atoms. The van der Waals surface area contributed by atoms with Gasteiger partial charge in [-0.05, 0) is 25.0 Å². The zero-order chi connectivity index (χ0) is 21.9. The Hall–Kier alpha value is -3.55. The first-order chi connectivity index (χ1) is 15.7. The molecule has 0 N–H and O–H groups in total. The molecule has 8 heteroatoms. The predicted octanol–water partition coefficient (Wildman–Crippen LogP) is 3.32. The number of ketones is 1. The summed E-state index contributed by atoms with van der Waals surface area (Å²) in [5.41, 5.74) is 1.49. The highest BCUT2D eigenvalue weighted by Crippen LogP contribution is 2.39. The van der Waals surface area contributed by atoms with Crippen molar-refractivity contribution in [2.75, 3.05) is 31.1 Å². The zero-order valence-electron chi connectivity index (χ0n) is 17.8. The van der Waals surface area contributed by atoms with Gasteiger partial charge in [0.25, 0.3) is 0 Å². The van der Waals surface area contributed by atoms with Crippen LogP contribution >= 0.6 is 0 Å². The van der Waals surface area contributed by atoms with E-state index in [-0.39, 0.29) is 24.5 Å². The summed E-state index contributed by atoms with van der Waals surface area (Å²) in [6, 6.07) is 13.0. The molecule has 32 heavy (non-hydrogen) atoms. The first-order valence-corrected chi connectivity index (χ1v) is 11.1. The van der Waals surface area contributed by atoms with E-state index in [1.165, 1.54) is 0 Å². The van der Waals surface area contributed by atoms with Crippen molar-refractivity contribution in [3.05, 3.63) is 60.1 Å². The van der Waals surface area contributed by atoms with Gasteiger partial charge >= 0.3 is 0 Å². The Morgan fingerprint density at radius 1 is 0.969 bits per heavy atom. The molecule has 8 nitrogen and oxygen atoms in total. The number of amides is 1. The predicted molar refractivity (Wildman–Crippen MR) is 118 cm³/mol. The van der Waals surface area contributed by atoms with Gasteiger partial charge in [0.1, 0.15) is 5.82 Å². The highest BCUT2D eigenvalue weighted by molar-refractivity contribution is 5.97. The maximum absolute atomic E-state index is 12.5. The SMILES string of the molecule is O=C(CCC(=O)N1CCN(c2ccc(-c3noc(C4CC4)n3)cn2)CC1)c1ccccc1. The van der Waals surface area contributed by atoms with Gasteiger partial charge in [-0.15, -0.1) is 0 Å². The number of benzene rings is 1. The molecular weight excluding hydrogens is 406 g/mol. The maximum atomic E-state index is 12.5. The van der Waals surface area contributed by atoms with E-state index >= 15 is 0 Å². The molecule has 3 aromatic rings. The lowest BCUT2D eigenvalue weighted by Gasteiger charge is -2.35. The van der Waals surface area contributed by atoms with Gasteiger partial charge in [0, 0.05) is 62.3 Å². The van der Waals surface area contributed by atoms with Crippen molar-refractivity contribution < 1.29 is 14.1 Å². The molecular formula is C24H25N5O3. The Kier molecular flexibility index (Phi) is 5.66. The topological polar surface area (TPSA) is 92.4 Å². The van der Waals surface area contributed by atoms with Crippen molar-refractivity contribution in [2.24, 2.45) is 0 Å². The van der Waals surface area contributed by atoms with Crippen LogP contribution in [0.25, 0.3) is 11.4 Å². The van der Waals surface area contributed by atoms with Gasteiger partial charge < -0.3 is 14.3 Å². The van der Waals surface area contributed by atoms with E-state index in [0.29, 0.717) is 43.5 Å². The monoisotopic (exact) mass is 431 g/mol. The summed E-state index contributed by atoms with van der Waals surface area (Å²) in [7, 11) is 0. The summed E-state index contributed by atoms with van der Waals surface area (Å²) < 4.78 is 5.33. The fourth-order valence-electron chi connectivity index (χ4n) is 3.89. The molecule has 1 aromatic carbocycles. The van der Waals surface area contributed by atoms with Crippen molar-refractivity contribution in [2.45, 2.75) is 31.6 Å². The minimum atomic E-state index is 0.00716. The number of rotatable bonds is 7. The zero-order valence-corrected chi connectivity index (χ0v) is 17.8. The standard InChI is InChI=1S/C24H25N5O3/c30-20(17-4-2-1-3-5-17)9-11-22(31)29-14-12-28(13-15-29)21-10-8-19(16-25-21)23-26-24(32-27-23)18-6-7-18/h1-5,8,10,16,18H,6-7,9,11-15H2. The van der Waals surface area contributed by atoms with Crippen molar-refractivity contribution in [3.63, 3.8) is 0 Å². The molecule has 164 valence electrons. The van der Waals surface area contributed by atoms with Gasteiger partial charge in [0.05, 0.1) is 0 Å². The number of piperazine rings is 1. The molecule has 1 aliphatic carbocycles. The van der Waals surface area contributed by atoms with Crippen molar-refractivity contribution in [1.82, 2.24) is 20.0 Å². The van der Waals surface area contributed by atoms with Crippen LogP contribution < -0.4 is 4.90 Å². The highest BCUT2D eigenvalue weighted by Gasteiger charge is 2.30. The second kappa shape index (κ2) is 8.90. The molecule has 1 saturated carbocycles. The fourth-order valence-corrected chi connectivity index (χ4v) is 3.89. The second-order valence-corrected chi connectivity index (χ2v) is 8.29. The summed E-state index contributed by atoms with van der Waals surface area (Å²) >= 11 is 0. The highest BCUT2D eigenvalue weighted by atomic mass is 16.5. The summed E-state index contributed by atoms with van der Waals surface area (Å²) in [4.78, 5) is 37.8. The van der Waals surface area contributed by atoms with Crippen LogP contribution in [0.4, 0.5) is 5.82 Å². The minimum Gasteiger partial charge on any atom is -0.353 e. The van der Waals surface area contributed by atoms with Crippen LogP contribution in [0, 0.1) is 0 Å². The van der Waals surface area contributed by atoms with Crippen LogP contribution in [-0.4, -0.2) is 57.9 Å². The Morgan fingerprint density at radius 3 is 2.44 bits per heavy atom.